The second-order valence-corrected chi connectivity index (χ2v) is 6.13. The van der Waals surface area contributed by atoms with E-state index in [9.17, 15) is 13.2 Å². The number of amides is 1. The molecular weight excluding hydrogens is 216 g/mol. The molecule has 0 aliphatic carbocycles. The van der Waals surface area contributed by atoms with Gasteiger partial charge in [-0.05, 0) is 5.92 Å². The summed E-state index contributed by atoms with van der Waals surface area (Å²) in [5, 5.41) is 0. The highest BCUT2D eigenvalue weighted by atomic mass is 32.2. The van der Waals surface area contributed by atoms with Gasteiger partial charge in [-0.3, -0.25) is 4.79 Å². The van der Waals surface area contributed by atoms with Crippen LogP contribution in [0.1, 0.15) is 27.7 Å². The molecule has 5 nitrogen and oxygen atoms in total. The van der Waals surface area contributed by atoms with Gasteiger partial charge >= 0.3 is 10.2 Å². The third kappa shape index (κ3) is 2.92. The highest BCUT2D eigenvalue weighted by molar-refractivity contribution is 7.88. The van der Waals surface area contributed by atoms with Crippen LogP contribution in [0.3, 0.4) is 0 Å². The van der Waals surface area contributed by atoms with Crippen LogP contribution in [0, 0.1) is 11.8 Å². The quantitative estimate of drug-likeness (QED) is 0.713. The lowest BCUT2D eigenvalue weighted by molar-refractivity contribution is -0.122. The Morgan fingerprint density at radius 3 is 2.20 bits per heavy atom. The molecule has 1 saturated heterocycles. The Kier molecular flexibility index (Phi) is 3.40. The van der Waals surface area contributed by atoms with E-state index in [0.717, 1.165) is 0 Å². The number of hydrogen-bond donors (Lipinski definition) is 1. The van der Waals surface area contributed by atoms with E-state index in [-0.39, 0.29) is 17.9 Å². The maximum Gasteiger partial charge on any atom is 0.304 e. The first-order valence-electron chi connectivity index (χ1n) is 5.09. The Balaban J connectivity index is 2.59. The van der Waals surface area contributed by atoms with Crippen molar-refractivity contribution in [2.45, 2.75) is 33.7 Å². The molecule has 1 aliphatic rings. The van der Waals surface area contributed by atoms with E-state index in [1.54, 1.807) is 13.8 Å². The van der Waals surface area contributed by atoms with E-state index in [1.807, 2.05) is 13.8 Å². The molecule has 0 unspecified atom stereocenters. The van der Waals surface area contributed by atoms with Crippen LogP contribution in [0.5, 0.6) is 0 Å². The molecule has 1 amide bonds. The predicted molar refractivity (Wildman–Crippen MR) is 57.2 cm³/mol. The summed E-state index contributed by atoms with van der Waals surface area (Å²) in [6.07, 6.45) is 0. The largest absolute Gasteiger partial charge is 0.304 e. The third-order valence-electron chi connectivity index (χ3n) is 2.44. The minimum atomic E-state index is -3.59. The van der Waals surface area contributed by atoms with Crippen LogP contribution in [-0.2, 0) is 15.0 Å². The summed E-state index contributed by atoms with van der Waals surface area (Å²) in [7, 11) is -3.59. The molecule has 0 aromatic heterocycles. The van der Waals surface area contributed by atoms with Gasteiger partial charge in [0.05, 0.1) is 0 Å². The fourth-order valence-corrected chi connectivity index (χ4v) is 2.82. The summed E-state index contributed by atoms with van der Waals surface area (Å²) in [4.78, 5) is 11.3. The molecule has 0 saturated carbocycles. The molecule has 0 radical (unpaired) electrons. The molecule has 1 N–H and O–H groups in total. The molecule has 88 valence electrons. The van der Waals surface area contributed by atoms with Crippen molar-refractivity contribution in [3.05, 3.63) is 0 Å². The van der Waals surface area contributed by atoms with Crippen molar-refractivity contribution in [1.29, 1.82) is 0 Å². The normalized spacial score (nSPS) is 25.7. The average molecular weight is 234 g/mol. The van der Waals surface area contributed by atoms with Crippen molar-refractivity contribution in [1.82, 2.24) is 9.03 Å². The minimum Gasteiger partial charge on any atom is -0.274 e. The van der Waals surface area contributed by atoms with E-state index in [4.69, 9.17) is 0 Å². The predicted octanol–water partition coefficient (Wildman–Crippen LogP) is 0.344. The Bertz CT molecular complexity index is 348. The molecule has 2 atom stereocenters. The molecule has 6 heteroatoms. The van der Waals surface area contributed by atoms with Gasteiger partial charge in [0.15, 0.2) is 0 Å². The zero-order valence-electron chi connectivity index (χ0n) is 9.52. The lowest BCUT2D eigenvalue weighted by Gasteiger charge is -2.10. The Labute approximate surface area is 91.0 Å². The van der Waals surface area contributed by atoms with Crippen LogP contribution in [0.25, 0.3) is 0 Å². The van der Waals surface area contributed by atoms with Gasteiger partial charge in [-0.1, -0.05) is 27.7 Å². The van der Waals surface area contributed by atoms with Gasteiger partial charge in [0.25, 0.3) is 0 Å². The van der Waals surface area contributed by atoms with Crippen LogP contribution in [0.2, 0.25) is 0 Å². The SMILES string of the molecule is CC(C)C(=O)NS(=O)(=O)[N@@]1C[C@H]1C(C)C. The first-order chi connectivity index (χ1) is 6.75. The summed E-state index contributed by atoms with van der Waals surface area (Å²) in [5.74, 6) is -0.489. The fraction of sp³-hybridized carbons (Fsp3) is 0.889. The van der Waals surface area contributed by atoms with Crippen LogP contribution < -0.4 is 4.72 Å². The Morgan fingerprint density at radius 1 is 1.33 bits per heavy atom. The number of hydrogen-bond acceptors (Lipinski definition) is 3. The van der Waals surface area contributed by atoms with E-state index >= 15 is 0 Å². The highest BCUT2D eigenvalue weighted by Crippen LogP contribution is 2.27. The zero-order valence-corrected chi connectivity index (χ0v) is 10.3. The zero-order chi connectivity index (χ0) is 11.8. The summed E-state index contributed by atoms with van der Waals surface area (Å²) in [5.41, 5.74) is 0. The lowest BCUT2D eigenvalue weighted by atomic mass is 10.1. The number of nitrogens with one attached hydrogen (secondary N) is 1. The van der Waals surface area contributed by atoms with E-state index < -0.39 is 16.1 Å². The van der Waals surface area contributed by atoms with Gasteiger partial charge in [0, 0.05) is 18.5 Å². The van der Waals surface area contributed by atoms with Gasteiger partial charge in [-0.15, -0.1) is 0 Å². The average Bonchev–Trinajstić information content (AvgIpc) is 2.81. The molecule has 1 rings (SSSR count). The number of carbonyl (C=O) groups excluding carboxylic acids is 1. The van der Waals surface area contributed by atoms with Gasteiger partial charge in [0.1, 0.15) is 0 Å². The van der Waals surface area contributed by atoms with Crippen molar-refractivity contribution < 1.29 is 13.2 Å². The summed E-state index contributed by atoms with van der Waals surface area (Å²) in [6.45, 7) is 7.76. The Hall–Kier alpha value is -0.620. The van der Waals surface area contributed by atoms with Gasteiger partial charge in [-0.25, -0.2) is 4.72 Å². The second kappa shape index (κ2) is 4.09. The van der Waals surface area contributed by atoms with Crippen molar-refractivity contribution >= 4 is 16.1 Å². The van der Waals surface area contributed by atoms with E-state index in [0.29, 0.717) is 6.54 Å². The molecule has 1 fully saturated rings. The molecule has 1 heterocycles. The molecule has 0 spiro atoms. The van der Waals surface area contributed by atoms with Crippen LogP contribution in [0.15, 0.2) is 0 Å². The number of rotatable bonds is 4. The van der Waals surface area contributed by atoms with Crippen LogP contribution >= 0.6 is 0 Å². The monoisotopic (exact) mass is 234 g/mol. The van der Waals surface area contributed by atoms with Crippen LogP contribution in [0.4, 0.5) is 0 Å². The standard InChI is InChI=1S/C9H18N2O3S/c1-6(2)8-5-11(8)15(13,14)10-9(12)7(3)4/h6-8H,5H2,1-4H3,(H,10,12)/t8-,11-/m0/s1. The van der Waals surface area contributed by atoms with Crippen molar-refractivity contribution in [2.75, 3.05) is 6.54 Å². The lowest BCUT2D eigenvalue weighted by Crippen LogP contribution is -2.38. The number of nitrogens with zero attached hydrogens (tertiary/aromatic N) is 1. The topological polar surface area (TPSA) is 66.2 Å². The molecule has 0 aromatic carbocycles. The smallest absolute Gasteiger partial charge is 0.274 e. The fourth-order valence-electron chi connectivity index (χ4n) is 1.26. The minimum absolute atomic E-state index is 0.0439. The second-order valence-electron chi connectivity index (χ2n) is 4.51. The number of carbonyl (C=O) groups is 1. The maximum absolute atomic E-state index is 11.6. The highest BCUT2D eigenvalue weighted by Gasteiger charge is 2.46. The molecule has 1 aliphatic heterocycles. The first kappa shape index (κ1) is 12.4. The summed E-state index contributed by atoms with van der Waals surface area (Å²) < 4.78 is 26.6. The molecular formula is C9H18N2O3S. The molecule has 0 aromatic rings. The Morgan fingerprint density at radius 2 is 1.87 bits per heavy atom. The maximum atomic E-state index is 11.6. The van der Waals surface area contributed by atoms with E-state index in [2.05, 4.69) is 4.72 Å². The van der Waals surface area contributed by atoms with E-state index in [1.165, 1.54) is 4.31 Å². The molecule has 0 bridgehead atoms. The van der Waals surface area contributed by atoms with Crippen molar-refractivity contribution in [3.8, 4) is 0 Å². The first-order valence-corrected chi connectivity index (χ1v) is 6.53. The van der Waals surface area contributed by atoms with Gasteiger partial charge in [0.2, 0.25) is 5.91 Å². The third-order valence-corrected chi connectivity index (χ3v) is 3.93. The summed E-state index contributed by atoms with van der Waals surface area (Å²) >= 11 is 0. The summed E-state index contributed by atoms with van der Waals surface area (Å²) in [6, 6.07) is 0.0439. The van der Waals surface area contributed by atoms with Gasteiger partial charge < -0.3 is 0 Å². The van der Waals surface area contributed by atoms with Crippen molar-refractivity contribution in [3.63, 3.8) is 0 Å². The molecule has 15 heavy (non-hydrogen) atoms. The van der Waals surface area contributed by atoms with Crippen molar-refractivity contribution in [2.24, 2.45) is 11.8 Å². The van der Waals surface area contributed by atoms with Gasteiger partial charge in [-0.2, -0.15) is 12.7 Å². The van der Waals surface area contributed by atoms with Crippen LogP contribution in [-0.4, -0.2) is 31.2 Å².